The Morgan fingerprint density at radius 3 is 2.67 bits per heavy atom. The highest BCUT2D eigenvalue weighted by Gasteiger charge is 2.32. The second-order valence-electron chi connectivity index (χ2n) is 5.02. The summed E-state index contributed by atoms with van der Waals surface area (Å²) in [5, 5.41) is 0. The fraction of sp³-hybridized carbons (Fsp3) is 0.600. The predicted octanol–water partition coefficient (Wildman–Crippen LogP) is 3.35. The molecule has 0 radical (unpaired) electrons. The van der Waals surface area contributed by atoms with E-state index in [2.05, 4.69) is 37.8 Å². The van der Waals surface area contributed by atoms with Crippen molar-refractivity contribution in [3.05, 3.63) is 29.8 Å². The topological polar surface area (TPSA) is 18.5 Å². The van der Waals surface area contributed by atoms with Crippen LogP contribution in [0.1, 0.15) is 25.3 Å². The first-order valence-corrected chi connectivity index (χ1v) is 7.32. The number of rotatable bonds is 5. The predicted molar refractivity (Wildman–Crippen MR) is 77.7 cm³/mol. The quantitative estimate of drug-likeness (QED) is 0.824. The second-order valence-corrected chi connectivity index (χ2v) is 5.34. The zero-order valence-corrected chi connectivity index (χ0v) is 11.9. The van der Waals surface area contributed by atoms with Crippen molar-refractivity contribution >= 4 is 12.6 Å². The van der Waals surface area contributed by atoms with Crippen molar-refractivity contribution in [2.24, 2.45) is 5.41 Å². The van der Waals surface area contributed by atoms with Crippen LogP contribution in [0.25, 0.3) is 0 Å². The van der Waals surface area contributed by atoms with Gasteiger partial charge in [-0.25, -0.2) is 0 Å². The van der Waals surface area contributed by atoms with Crippen molar-refractivity contribution in [3.63, 3.8) is 0 Å². The Bertz CT molecular complexity index is 373. The molecule has 0 N–H and O–H groups in total. The molecule has 0 aliphatic carbocycles. The lowest BCUT2D eigenvalue weighted by Crippen LogP contribution is -2.37. The van der Waals surface area contributed by atoms with Gasteiger partial charge < -0.3 is 9.47 Å². The van der Waals surface area contributed by atoms with Crippen LogP contribution in [0.15, 0.2) is 24.3 Å². The van der Waals surface area contributed by atoms with Crippen molar-refractivity contribution in [2.75, 3.05) is 25.6 Å². The summed E-state index contributed by atoms with van der Waals surface area (Å²) >= 11 is 4.51. The van der Waals surface area contributed by atoms with Crippen LogP contribution in [-0.2, 0) is 11.2 Å². The first kappa shape index (κ1) is 13.8. The standard InChI is InChI=1S/C15H22O2S/c1-2-13-5-3-4-6-14(13)17-11-15(12-18)7-9-16-10-8-15/h3-6,18H,2,7-12H2,1H3. The van der Waals surface area contributed by atoms with Gasteiger partial charge in [-0.1, -0.05) is 25.1 Å². The van der Waals surface area contributed by atoms with E-state index in [1.165, 1.54) is 5.56 Å². The Hall–Kier alpha value is -0.670. The molecule has 3 heteroatoms. The first-order valence-electron chi connectivity index (χ1n) is 6.69. The lowest BCUT2D eigenvalue weighted by molar-refractivity contribution is 0.00296. The van der Waals surface area contributed by atoms with Crippen LogP contribution in [-0.4, -0.2) is 25.6 Å². The summed E-state index contributed by atoms with van der Waals surface area (Å²) in [4.78, 5) is 0. The van der Waals surface area contributed by atoms with E-state index in [0.29, 0.717) is 0 Å². The minimum atomic E-state index is 0.183. The molecule has 0 atom stereocenters. The molecule has 1 aromatic carbocycles. The molecule has 0 unspecified atom stereocenters. The van der Waals surface area contributed by atoms with E-state index in [1.54, 1.807) is 0 Å². The lowest BCUT2D eigenvalue weighted by atomic mass is 9.83. The minimum absolute atomic E-state index is 0.183. The van der Waals surface area contributed by atoms with E-state index in [0.717, 1.165) is 50.6 Å². The number of para-hydroxylation sites is 1. The average molecular weight is 266 g/mol. The summed E-state index contributed by atoms with van der Waals surface area (Å²) in [6, 6.07) is 8.29. The monoisotopic (exact) mass is 266 g/mol. The largest absolute Gasteiger partial charge is 0.493 e. The van der Waals surface area contributed by atoms with Gasteiger partial charge in [0.1, 0.15) is 5.75 Å². The summed E-state index contributed by atoms with van der Waals surface area (Å²) in [5.74, 6) is 1.89. The van der Waals surface area contributed by atoms with Crippen LogP contribution in [0.3, 0.4) is 0 Å². The minimum Gasteiger partial charge on any atom is -0.493 e. The van der Waals surface area contributed by atoms with Gasteiger partial charge in [-0.2, -0.15) is 12.6 Å². The van der Waals surface area contributed by atoms with Gasteiger partial charge >= 0.3 is 0 Å². The van der Waals surface area contributed by atoms with Crippen LogP contribution in [0.5, 0.6) is 5.75 Å². The van der Waals surface area contributed by atoms with Crippen molar-refractivity contribution in [3.8, 4) is 5.75 Å². The van der Waals surface area contributed by atoms with Gasteiger partial charge in [0, 0.05) is 18.6 Å². The molecule has 18 heavy (non-hydrogen) atoms. The van der Waals surface area contributed by atoms with Crippen LogP contribution < -0.4 is 4.74 Å². The molecule has 1 fully saturated rings. The number of hydrogen-bond donors (Lipinski definition) is 1. The van der Waals surface area contributed by atoms with Crippen LogP contribution in [0.4, 0.5) is 0 Å². The van der Waals surface area contributed by atoms with E-state index < -0.39 is 0 Å². The molecule has 0 spiro atoms. The van der Waals surface area contributed by atoms with Crippen LogP contribution in [0, 0.1) is 5.41 Å². The van der Waals surface area contributed by atoms with Crippen LogP contribution in [0.2, 0.25) is 0 Å². The zero-order valence-electron chi connectivity index (χ0n) is 11.0. The molecule has 1 aromatic rings. The third-order valence-electron chi connectivity index (χ3n) is 3.78. The Labute approximate surface area is 115 Å². The molecule has 0 saturated carbocycles. The normalized spacial score (nSPS) is 18.6. The average Bonchev–Trinajstić information content (AvgIpc) is 2.46. The van der Waals surface area contributed by atoms with Gasteiger partial charge in [-0.15, -0.1) is 0 Å². The third kappa shape index (κ3) is 3.21. The van der Waals surface area contributed by atoms with E-state index >= 15 is 0 Å². The van der Waals surface area contributed by atoms with Crippen molar-refractivity contribution in [2.45, 2.75) is 26.2 Å². The van der Waals surface area contributed by atoms with Gasteiger partial charge in [-0.3, -0.25) is 0 Å². The van der Waals surface area contributed by atoms with Gasteiger partial charge in [-0.05, 0) is 36.6 Å². The van der Waals surface area contributed by atoms with Gasteiger partial charge in [0.15, 0.2) is 0 Å². The number of benzene rings is 1. The summed E-state index contributed by atoms with van der Waals surface area (Å²) < 4.78 is 11.5. The molecule has 1 heterocycles. The SMILES string of the molecule is CCc1ccccc1OCC1(CS)CCOCC1. The van der Waals surface area contributed by atoms with E-state index in [1.807, 2.05) is 6.07 Å². The lowest BCUT2D eigenvalue weighted by Gasteiger charge is -2.35. The number of thiol groups is 1. The fourth-order valence-corrected chi connectivity index (χ4v) is 2.73. The molecule has 0 aromatic heterocycles. The number of hydrogen-bond acceptors (Lipinski definition) is 3. The van der Waals surface area contributed by atoms with Gasteiger partial charge in [0.25, 0.3) is 0 Å². The molecule has 2 rings (SSSR count). The molecule has 100 valence electrons. The highest BCUT2D eigenvalue weighted by atomic mass is 32.1. The maximum absolute atomic E-state index is 6.06. The zero-order chi connectivity index (χ0) is 12.8. The number of aryl methyl sites for hydroxylation is 1. The van der Waals surface area contributed by atoms with Gasteiger partial charge in [0.2, 0.25) is 0 Å². The molecular formula is C15H22O2S. The molecule has 2 nitrogen and oxygen atoms in total. The van der Waals surface area contributed by atoms with E-state index in [-0.39, 0.29) is 5.41 Å². The smallest absolute Gasteiger partial charge is 0.122 e. The highest BCUT2D eigenvalue weighted by molar-refractivity contribution is 7.80. The highest BCUT2D eigenvalue weighted by Crippen LogP contribution is 2.33. The molecule has 1 aliphatic heterocycles. The maximum Gasteiger partial charge on any atom is 0.122 e. The molecule has 0 bridgehead atoms. The fourth-order valence-electron chi connectivity index (χ4n) is 2.32. The van der Waals surface area contributed by atoms with Crippen molar-refractivity contribution < 1.29 is 9.47 Å². The summed E-state index contributed by atoms with van der Waals surface area (Å²) in [7, 11) is 0. The molecule has 1 saturated heterocycles. The summed E-state index contributed by atoms with van der Waals surface area (Å²) in [6.45, 7) is 4.57. The number of ether oxygens (including phenoxy) is 2. The van der Waals surface area contributed by atoms with E-state index in [9.17, 15) is 0 Å². The molecule has 0 amide bonds. The Balaban J connectivity index is 2.01. The third-order valence-corrected chi connectivity index (χ3v) is 4.45. The first-order chi connectivity index (χ1) is 8.79. The van der Waals surface area contributed by atoms with E-state index in [4.69, 9.17) is 9.47 Å². The van der Waals surface area contributed by atoms with Crippen molar-refractivity contribution in [1.82, 2.24) is 0 Å². The van der Waals surface area contributed by atoms with Crippen LogP contribution >= 0.6 is 12.6 Å². The molecular weight excluding hydrogens is 244 g/mol. The molecule has 1 aliphatic rings. The van der Waals surface area contributed by atoms with Gasteiger partial charge in [0.05, 0.1) is 6.61 Å². The second kappa shape index (κ2) is 6.48. The maximum atomic E-state index is 6.06. The summed E-state index contributed by atoms with van der Waals surface area (Å²) in [5.41, 5.74) is 1.46. The Morgan fingerprint density at radius 1 is 1.28 bits per heavy atom. The van der Waals surface area contributed by atoms with Crippen molar-refractivity contribution in [1.29, 1.82) is 0 Å². The Morgan fingerprint density at radius 2 is 2.00 bits per heavy atom. The Kier molecular flexibility index (Phi) is 4.95. The summed E-state index contributed by atoms with van der Waals surface area (Å²) in [6.07, 6.45) is 3.10.